The third-order valence-corrected chi connectivity index (χ3v) is 3.95. The first-order valence-electron chi connectivity index (χ1n) is 7.53. The van der Waals surface area contributed by atoms with Gasteiger partial charge in [-0.1, -0.05) is 24.3 Å². The van der Waals surface area contributed by atoms with Crippen LogP contribution in [0, 0.1) is 11.6 Å². The molecule has 27 heavy (non-hydrogen) atoms. The molecule has 0 aliphatic carbocycles. The van der Waals surface area contributed by atoms with Crippen molar-refractivity contribution >= 4 is 5.97 Å². The predicted molar refractivity (Wildman–Crippen MR) is 86.0 cm³/mol. The number of carboxylic acid groups (broad SMARTS) is 1. The molecule has 0 unspecified atom stereocenters. The molecular weight excluding hydrogens is 371 g/mol. The molecule has 4 nitrogen and oxygen atoms in total. The monoisotopic (exact) mass is 382 g/mol. The Labute approximate surface area is 149 Å². The minimum Gasteiger partial charge on any atom is -0.476 e. The molecule has 0 saturated heterocycles. The Bertz CT molecular complexity index is 1020. The van der Waals surface area contributed by atoms with Gasteiger partial charge in [-0.15, -0.1) is 0 Å². The van der Waals surface area contributed by atoms with Crippen LogP contribution in [0.25, 0.3) is 22.4 Å². The Morgan fingerprint density at radius 3 is 2.11 bits per heavy atom. The van der Waals surface area contributed by atoms with E-state index in [0.29, 0.717) is 0 Å². The second kappa shape index (κ2) is 6.49. The van der Waals surface area contributed by atoms with E-state index in [9.17, 15) is 26.7 Å². The highest BCUT2D eigenvalue weighted by atomic mass is 19.4. The average molecular weight is 382 g/mol. The molecule has 1 aromatic heterocycles. The summed E-state index contributed by atoms with van der Waals surface area (Å²) in [5, 5.41) is 12.7. The lowest BCUT2D eigenvalue weighted by Crippen LogP contribution is -2.11. The van der Waals surface area contributed by atoms with Gasteiger partial charge in [-0.3, -0.25) is 4.68 Å². The van der Waals surface area contributed by atoms with Crippen molar-refractivity contribution in [2.24, 2.45) is 7.05 Å². The average Bonchev–Trinajstić information content (AvgIpc) is 2.95. The summed E-state index contributed by atoms with van der Waals surface area (Å²) >= 11 is 0. The topological polar surface area (TPSA) is 55.1 Å². The van der Waals surface area contributed by atoms with Crippen molar-refractivity contribution in [2.75, 3.05) is 0 Å². The highest BCUT2D eigenvalue weighted by molar-refractivity contribution is 5.88. The molecule has 140 valence electrons. The number of carboxylic acids is 1. The van der Waals surface area contributed by atoms with E-state index < -0.39 is 51.7 Å². The largest absolute Gasteiger partial charge is 0.476 e. The molecule has 0 saturated carbocycles. The van der Waals surface area contributed by atoms with Gasteiger partial charge in [0.15, 0.2) is 5.69 Å². The van der Waals surface area contributed by atoms with E-state index in [1.54, 1.807) is 0 Å². The molecule has 9 heteroatoms. The minimum absolute atomic E-state index is 0.154. The van der Waals surface area contributed by atoms with Crippen LogP contribution in [-0.4, -0.2) is 20.9 Å². The lowest BCUT2D eigenvalue weighted by Gasteiger charge is -2.18. The standard InChI is InChI=1S/C18H11F5N2O2/c1-25-14(8-13(24-25)17(26)27)9-4-2-5-10(16(9)18(21,22)23)15-11(19)6-3-7-12(15)20/h2-8H,1H3,(H,26,27). The lowest BCUT2D eigenvalue weighted by atomic mass is 9.92. The molecule has 3 aromatic rings. The molecule has 0 bridgehead atoms. The highest BCUT2D eigenvalue weighted by Crippen LogP contribution is 2.44. The summed E-state index contributed by atoms with van der Waals surface area (Å²) < 4.78 is 70.8. The number of hydrogen-bond acceptors (Lipinski definition) is 2. The van der Waals surface area contributed by atoms with Crippen LogP contribution in [0.3, 0.4) is 0 Å². The van der Waals surface area contributed by atoms with E-state index in [1.807, 2.05) is 0 Å². The van der Waals surface area contributed by atoms with E-state index in [1.165, 1.54) is 13.1 Å². The maximum atomic E-state index is 14.1. The van der Waals surface area contributed by atoms with Gasteiger partial charge in [0.25, 0.3) is 0 Å². The number of halogens is 5. The van der Waals surface area contributed by atoms with Gasteiger partial charge in [0.05, 0.1) is 16.8 Å². The van der Waals surface area contributed by atoms with Gasteiger partial charge >= 0.3 is 12.1 Å². The van der Waals surface area contributed by atoms with Crippen LogP contribution in [0.15, 0.2) is 42.5 Å². The van der Waals surface area contributed by atoms with Crippen molar-refractivity contribution in [2.45, 2.75) is 6.18 Å². The summed E-state index contributed by atoms with van der Waals surface area (Å²) in [4.78, 5) is 11.1. The second-order valence-corrected chi connectivity index (χ2v) is 5.67. The number of alkyl halides is 3. The van der Waals surface area contributed by atoms with Gasteiger partial charge in [0.1, 0.15) is 11.6 Å². The van der Waals surface area contributed by atoms with E-state index in [2.05, 4.69) is 5.10 Å². The molecule has 0 fully saturated rings. The molecule has 1 heterocycles. The first-order valence-corrected chi connectivity index (χ1v) is 7.53. The van der Waals surface area contributed by atoms with Gasteiger partial charge in [-0.05, 0) is 18.2 Å². The maximum absolute atomic E-state index is 14.1. The van der Waals surface area contributed by atoms with Crippen molar-refractivity contribution in [3.05, 3.63) is 65.4 Å². The van der Waals surface area contributed by atoms with E-state index in [-0.39, 0.29) is 5.69 Å². The van der Waals surface area contributed by atoms with Gasteiger partial charge in [-0.2, -0.15) is 18.3 Å². The first-order chi connectivity index (χ1) is 12.6. The van der Waals surface area contributed by atoms with Crippen molar-refractivity contribution in [1.82, 2.24) is 9.78 Å². The van der Waals surface area contributed by atoms with Crippen LogP contribution < -0.4 is 0 Å². The molecule has 0 radical (unpaired) electrons. The Balaban J connectivity index is 2.37. The first kappa shape index (κ1) is 18.6. The Hall–Kier alpha value is -3.23. The van der Waals surface area contributed by atoms with Crippen LogP contribution in [0.4, 0.5) is 22.0 Å². The summed E-state index contributed by atoms with van der Waals surface area (Å²) in [5.41, 5.74) is -3.83. The van der Waals surface area contributed by atoms with E-state index in [4.69, 9.17) is 5.11 Å². The third-order valence-electron chi connectivity index (χ3n) is 3.95. The fraction of sp³-hybridized carbons (Fsp3) is 0.111. The zero-order valence-corrected chi connectivity index (χ0v) is 13.7. The normalized spacial score (nSPS) is 11.6. The third kappa shape index (κ3) is 3.27. The molecule has 0 aliphatic heterocycles. The zero-order valence-electron chi connectivity index (χ0n) is 13.7. The van der Waals surface area contributed by atoms with Gasteiger partial charge in [0, 0.05) is 18.2 Å². The van der Waals surface area contributed by atoms with Crippen LogP contribution >= 0.6 is 0 Å². The number of nitrogens with zero attached hydrogens (tertiary/aromatic N) is 2. The van der Waals surface area contributed by atoms with E-state index in [0.717, 1.165) is 41.1 Å². The fourth-order valence-corrected chi connectivity index (χ4v) is 2.86. The molecule has 3 rings (SSSR count). The summed E-state index contributed by atoms with van der Waals surface area (Å²) in [6.07, 6.45) is -4.96. The molecule has 2 aromatic carbocycles. The SMILES string of the molecule is Cn1nc(C(=O)O)cc1-c1cccc(-c2c(F)cccc2F)c1C(F)(F)F. The van der Waals surface area contributed by atoms with Crippen LogP contribution in [0.2, 0.25) is 0 Å². The van der Waals surface area contributed by atoms with Crippen molar-refractivity contribution in [3.63, 3.8) is 0 Å². The Morgan fingerprint density at radius 2 is 1.59 bits per heavy atom. The number of benzene rings is 2. The summed E-state index contributed by atoms with van der Waals surface area (Å²) in [6, 6.07) is 6.99. The van der Waals surface area contributed by atoms with Crippen LogP contribution in [0.5, 0.6) is 0 Å². The maximum Gasteiger partial charge on any atom is 0.417 e. The molecule has 0 aliphatic rings. The molecular formula is C18H11F5N2O2. The quantitative estimate of drug-likeness (QED) is 0.665. The number of carbonyl (C=O) groups is 1. The van der Waals surface area contributed by atoms with Crippen LogP contribution in [0.1, 0.15) is 16.1 Å². The molecule has 0 amide bonds. The second-order valence-electron chi connectivity index (χ2n) is 5.67. The summed E-state index contributed by atoms with van der Waals surface area (Å²) in [5.74, 6) is -3.70. The van der Waals surface area contributed by atoms with Crippen molar-refractivity contribution < 1.29 is 31.9 Å². The summed E-state index contributed by atoms with van der Waals surface area (Å²) in [7, 11) is 1.28. The van der Waals surface area contributed by atoms with Gasteiger partial charge in [0.2, 0.25) is 0 Å². The van der Waals surface area contributed by atoms with Gasteiger partial charge in [-0.25, -0.2) is 13.6 Å². The van der Waals surface area contributed by atoms with Crippen LogP contribution in [-0.2, 0) is 13.2 Å². The zero-order chi connectivity index (χ0) is 19.9. The predicted octanol–water partition coefficient (Wildman–Crippen LogP) is 4.75. The number of aromatic carboxylic acids is 1. The highest BCUT2D eigenvalue weighted by Gasteiger charge is 2.38. The Morgan fingerprint density at radius 1 is 1.04 bits per heavy atom. The molecule has 0 atom stereocenters. The number of hydrogen-bond donors (Lipinski definition) is 1. The molecule has 1 N–H and O–H groups in total. The minimum atomic E-state index is -4.96. The number of rotatable bonds is 3. The smallest absolute Gasteiger partial charge is 0.417 e. The fourth-order valence-electron chi connectivity index (χ4n) is 2.86. The van der Waals surface area contributed by atoms with Crippen molar-refractivity contribution in [1.29, 1.82) is 0 Å². The summed E-state index contributed by atoms with van der Waals surface area (Å²) in [6.45, 7) is 0. The number of aryl methyl sites for hydroxylation is 1. The Kier molecular flexibility index (Phi) is 4.46. The lowest BCUT2D eigenvalue weighted by molar-refractivity contribution is -0.136. The number of aromatic nitrogens is 2. The van der Waals surface area contributed by atoms with Crippen molar-refractivity contribution in [3.8, 4) is 22.4 Å². The van der Waals surface area contributed by atoms with Gasteiger partial charge < -0.3 is 5.11 Å². The van der Waals surface area contributed by atoms with E-state index >= 15 is 0 Å². The molecule has 0 spiro atoms.